The summed E-state index contributed by atoms with van der Waals surface area (Å²) < 4.78 is 122. The van der Waals surface area contributed by atoms with E-state index in [1.807, 2.05) is 34.6 Å². The first kappa shape index (κ1) is 71.8. The monoisotopic (exact) mass is 1310 g/mol. The summed E-state index contributed by atoms with van der Waals surface area (Å²) in [5.74, 6) is -4.49. The fourth-order valence-corrected chi connectivity index (χ4v) is 19.2. The van der Waals surface area contributed by atoms with Crippen molar-refractivity contribution in [2.75, 3.05) is 17.3 Å². The maximum atomic E-state index is 14.2. The van der Waals surface area contributed by atoms with E-state index in [9.17, 15) is 83.8 Å². The fourth-order valence-electron chi connectivity index (χ4n) is 12.6. The minimum Gasteiger partial charge on any atom is -0.392 e. The summed E-state index contributed by atoms with van der Waals surface area (Å²) in [5, 5.41) is 56.8. The van der Waals surface area contributed by atoms with Gasteiger partial charge in [0.25, 0.3) is 17.1 Å². The Kier molecular flexibility index (Phi) is 24.1. The first-order chi connectivity index (χ1) is 42.5. The van der Waals surface area contributed by atoms with E-state index in [0.29, 0.717) is 55.2 Å². The minimum absolute atomic E-state index is 0.0170. The highest BCUT2D eigenvalue weighted by molar-refractivity contribution is 7.92. The van der Waals surface area contributed by atoms with Crippen molar-refractivity contribution in [2.24, 2.45) is 16.2 Å². The van der Waals surface area contributed by atoms with Gasteiger partial charge in [0.05, 0.1) is 58.9 Å². The number of aldehydes is 1. The molecule has 0 bridgehead atoms. The molecular formula is C66H78F3N3O15S3. The van der Waals surface area contributed by atoms with Crippen LogP contribution in [0.25, 0.3) is 0 Å². The minimum atomic E-state index is -3.90. The largest absolute Gasteiger partial charge is 0.392 e. The van der Waals surface area contributed by atoms with Gasteiger partial charge in [0, 0.05) is 64.5 Å². The Balaban J connectivity index is 0.000000215. The van der Waals surface area contributed by atoms with Gasteiger partial charge < -0.3 is 15.0 Å². The lowest BCUT2D eigenvalue weighted by molar-refractivity contribution is -0.385. The number of aliphatic hydroxyl groups excluding tert-OH is 2. The van der Waals surface area contributed by atoms with Gasteiger partial charge in [0.15, 0.2) is 29.5 Å². The van der Waals surface area contributed by atoms with E-state index in [2.05, 4.69) is 0 Å². The second kappa shape index (κ2) is 30.2. The van der Waals surface area contributed by atoms with Crippen molar-refractivity contribution in [1.82, 2.24) is 0 Å². The van der Waals surface area contributed by atoms with Crippen molar-refractivity contribution in [3.63, 3.8) is 0 Å². The quantitative estimate of drug-likeness (QED) is 0.0261. The number of nitro benzene ring substituents is 3. The lowest BCUT2D eigenvalue weighted by Crippen LogP contribution is -2.42. The highest BCUT2D eigenvalue weighted by Crippen LogP contribution is 2.51. The maximum absolute atomic E-state index is 14.2. The molecule has 486 valence electrons. The summed E-state index contributed by atoms with van der Waals surface area (Å²) in [6.07, 6.45) is 5.79. The number of carbonyl (C=O) groups is 1. The summed E-state index contributed by atoms with van der Waals surface area (Å²) in [5.41, 5.74) is -1.55. The van der Waals surface area contributed by atoms with E-state index in [0.717, 1.165) is 81.2 Å². The number of non-ortho nitro benzene ring substituents is 3. The molecule has 8 rings (SSSR count). The number of carbonyl (C=O) groups excluding carboxylic acids is 1. The number of benzene rings is 6. The molecule has 0 spiro atoms. The van der Waals surface area contributed by atoms with Crippen LogP contribution in [0.3, 0.4) is 0 Å². The predicted molar refractivity (Wildman–Crippen MR) is 336 cm³/mol. The predicted octanol–water partition coefficient (Wildman–Crippen LogP) is 14.1. The summed E-state index contributed by atoms with van der Waals surface area (Å²) in [6.45, 7) is 11.4. The number of hydrogen-bond acceptors (Lipinski definition) is 15. The van der Waals surface area contributed by atoms with Crippen LogP contribution >= 0.6 is 0 Å². The molecule has 0 aromatic heterocycles. The van der Waals surface area contributed by atoms with Crippen LogP contribution in [0.2, 0.25) is 0 Å². The standard InChI is InChI=1S/3C22H26FNO5S/c2*1-3-5-11-22(4-2)14-30(28,29)19-10-9-16(23)13-18(19)20(21(22)25)15-7-6-8-17(12-15)24(26)27;1-3-5-11-22(4-2,15-25)16-30(28,29)21-10-9-19(23)14-18(21)12-17-7-6-8-20(13-17)24(26)27/h2*6-10,12-13,20-21,25H,3-5,11,14H2,1-2H3;6-10,13-15H,3-5,11-12,16H2,1-2H3/t20-,21-,22+;20-,21-,22-;22-/m010/s1. The zero-order valence-corrected chi connectivity index (χ0v) is 53.7. The summed E-state index contributed by atoms with van der Waals surface area (Å²) in [4.78, 5) is 43.7. The first-order valence-electron chi connectivity index (χ1n) is 30.1. The van der Waals surface area contributed by atoms with Gasteiger partial charge in [-0.15, -0.1) is 0 Å². The van der Waals surface area contributed by atoms with E-state index in [1.54, 1.807) is 25.1 Å². The molecule has 0 fully saturated rings. The number of aliphatic hydroxyl groups is 2. The molecule has 24 heteroatoms. The fraction of sp³-hybridized carbons (Fsp3) is 0.439. The third-order valence-corrected chi connectivity index (χ3v) is 23.8. The molecule has 0 aliphatic carbocycles. The Morgan fingerprint density at radius 2 is 0.989 bits per heavy atom. The Morgan fingerprint density at radius 3 is 1.39 bits per heavy atom. The van der Waals surface area contributed by atoms with E-state index >= 15 is 0 Å². The van der Waals surface area contributed by atoms with E-state index in [-0.39, 0.29) is 72.1 Å². The topological polar surface area (TPSA) is 289 Å². The van der Waals surface area contributed by atoms with Crippen LogP contribution in [0.15, 0.2) is 142 Å². The van der Waals surface area contributed by atoms with E-state index in [4.69, 9.17) is 0 Å². The maximum Gasteiger partial charge on any atom is 0.269 e. The highest BCUT2D eigenvalue weighted by Gasteiger charge is 2.51. The molecule has 6 aromatic rings. The van der Waals surface area contributed by atoms with Gasteiger partial charge in [0.2, 0.25) is 0 Å². The van der Waals surface area contributed by atoms with Crippen LogP contribution in [0.1, 0.15) is 164 Å². The number of halogens is 3. The molecule has 0 radical (unpaired) electrons. The Bertz CT molecular complexity index is 3760. The molecule has 6 aromatic carbocycles. The van der Waals surface area contributed by atoms with Crippen LogP contribution in [0, 0.1) is 64.0 Å². The SMILES string of the molecule is CCCC[C@](C=O)(CC)CS(=O)(=O)c1ccc(F)cc1Cc1cccc([N+](=O)[O-])c1.CCCC[C@]1(CC)CS(=O)(=O)c2ccc(F)cc2[C@@H](c2cccc([N+](=O)[O-])c2)[C@H]1O.CCCC[C@]1(CC)CS(=O)(=O)c2ccc(F)cc2[C@H](c2cccc([N+](=O)[O-])c2)[C@@H]1O. The smallest absolute Gasteiger partial charge is 0.269 e. The molecule has 0 saturated heterocycles. The molecular weight excluding hydrogens is 1230 g/mol. The van der Waals surface area contributed by atoms with E-state index in [1.165, 1.54) is 72.8 Å². The number of rotatable bonds is 23. The second-order valence-corrected chi connectivity index (χ2v) is 29.5. The van der Waals surface area contributed by atoms with Crippen molar-refractivity contribution in [3.05, 3.63) is 209 Å². The van der Waals surface area contributed by atoms with Crippen molar-refractivity contribution in [3.8, 4) is 0 Å². The first-order valence-corrected chi connectivity index (χ1v) is 35.0. The normalized spacial score (nSPS) is 21.4. The van der Waals surface area contributed by atoms with Crippen molar-refractivity contribution in [2.45, 2.75) is 164 Å². The van der Waals surface area contributed by atoms with Crippen LogP contribution < -0.4 is 0 Å². The van der Waals surface area contributed by atoms with Gasteiger partial charge >= 0.3 is 0 Å². The molecule has 90 heavy (non-hydrogen) atoms. The van der Waals surface area contributed by atoms with Crippen LogP contribution in [-0.4, -0.2) is 86.0 Å². The average Bonchev–Trinajstić information content (AvgIpc) is 1.59. The number of unbranched alkanes of at least 4 members (excludes halogenated alkanes) is 3. The molecule has 2 heterocycles. The zero-order chi connectivity index (χ0) is 66.6. The third kappa shape index (κ3) is 16.4. The molecule has 7 atom stereocenters. The molecule has 2 aliphatic rings. The highest BCUT2D eigenvalue weighted by atomic mass is 32.2. The van der Waals surface area contributed by atoms with Gasteiger partial charge in [-0.3, -0.25) is 30.3 Å². The summed E-state index contributed by atoms with van der Waals surface area (Å²) in [6, 6.07) is 27.7. The van der Waals surface area contributed by atoms with Crippen LogP contribution in [0.4, 0.5) is 30.2 Å². The Morgan fingerprint density at radius 1 is 0.578 bits per heavy atom. The number of nitrogens with zero attached hydrogens (tertiary/aromatic N) is 3. The van der Waals surface area contributed by atoms with Gasteiger partial charge in [-0.1, -0.05) is 116 Å². The zero-order valence-electron chi connectivity index (χ0n) is 51.2. The van der Waals surface area contributed by atoms with Gasteiger partial charge in [-0.05, 0) is 133 Å². The van der Waals surface area contributed by atoms with Crippen molar-refractivity contribution >= 4 is 52.9 Å². The summed E-state index contributed by atoms with van der Waals surface area (Å²) >= 11 is 0. The molecule has 0 amide bonds. The number of sulfone groups is 3. The second-order valence-electron chi connectivity index (χ2n) is 23.6. The number of hydrogen-bond donors (Lipinski definition) is 2. The Labute approximate surface area is 524 Å². The lowest BCUT2D eigenvalue weighted by Gasteiger charge is -2.39. The van der Waals surface area contributed by atoms with Gasteiger partial charge in [0.1, 0.15) is 23.7 Å². The van der Waals surface area contributed by atoms with Crippen molar-refractivity contribution in [1.29, 1.82) is 0 Å². The lowest BCUT2D eigenvalue weighted by atomic mass is 9.69. The summed E-state index contributed by atoms with van der Waals surface area (Å²) in [7, 11) is -11.5. The van der Waals surface area contributed by atoms with E-state index < -0.39 is 102 Å². The van der Waals surface area contributed by atoms with Crippen LogP contribution in [-0.2, 0) is 40.7 Å². The molecule has 0 saturated carbocycles. The Hall–Kier alpha value is -7.25. The molecule has 2 N–H and O–H groups in total. The van der Waals surface area contributed by atoms with Crippen LogP contribution in [0.5, 0.6) is 0 Å². The number of nitro groups is 3. The van der Waals surface area contributed by atoms with Gasteiger partial charge in [-0.2, -0.15) is 0 Å². The average molecular weight is 1310 g/mol. The van der Waals surface area contributed by atoms with Gasteiger partial charge in [-0.25, -0.2) is 38.4 Å². The van der Waals surface area contributed by atoms with Crippen molar-refractivity contribution < 1.29 is 68.2 Å². The molecule has 2 aliphatic heterocycles. The molecule has 0 unspecified atom stereocenters. The third-order valence-electron chi connectivity index (χ3n) is 17.8. The molecule has 18 nitrogen and oxygen atoms in total. The number of fused-ring (bicyclic) bond motifs is 2.